The second kappa shape index (κ2) is 11.1. The third-order valence-corrected chi connectivity index (χ3v) is 11.9. The van der Waals surface area contributed by atoms with Gasteiger partial charge in [-0.2, -0.15) is 0 Å². The van der Waals surface area contributed by atoms with Gasteiger partial charge in [-0.25, -0.2) is 0 Å². The predicted octanol–water partition coefficient (Wildman–Crippen LogP) is 6.82. The molecule has 1 aliphatic rings. The molecule has 0 saturated carbocycles. The molecule has 1 fully saturated rings. The zero-order valence-electron chi connectivity index (χ0n) is 24.6. The second-order valence-electron chi connectivity index (χ2n) is 12.9. The first kappa shape index (κ1) is 29.8. The summed E-state index contributed by atoms with van der Waals surface area (Å²) in [4.78, 5) is 10.6. The highest BCUT2D eigenvalue weighted by Gasteiger charge is 2.51. The van der Waals surface area contributed by atoms with Crippen molar-refractivity contribution in [2.45, 2.75) is 110 Å². The van der Waals surface area contributed by atoms with Crippen molar-refractivity contribution in [3.05, 3.63) is 53.6 Å². The number of hydrogen-bond donors (Lipinski definition) is 1. The average Bonchev–Trinajstić information content (AvgIpc) is 3.01. The van der Waals surface area contributed by atoms with E-state index in [0.29, 0.717) is 19.1 Å². The Labute approximate surface area is 226 Å². The topological polar surface area (TPSA) is 57.2 Å². The van der Waals surface area contributed by atoms with Gasteiger partial charge in [0, 0.05) is 0 Å². The first-order valence-corrected chi connectivity index (χ1v) is 16.5. The minimum Gasteiger partial charge on any atom is -0.493 e. The van der Waals surface area contributed by atoms with Crippen molar-refractivity contribution in [2.24, 2.45) is 0 Å². The van der Waals surface area contributed by atoms with Crippen molar-refractivity contribution >= 4 is 20.9 Å². The summed E-state index contributed by atoms with van der Waals surface area (Å²) in [6.07, 6.45) is 1.86. The van der Waals surface area contributed by atoms with E-state index < -0.39 is 8.32 Å². The highest BCUT2D eigenvalue weighted by Crippen LogP contribution is 2.40. The summed E-state index contributed by atoms with van der Waals surface area (Å²) < 4.78 is 24.7. The summed E-state index contributed by atoms with van der Waals surface area (Å²) in [5, 5.41) is -0.0368. The van der Waals surface area contributed by atoms with Gasteiger partial charge in [-0.05, 0) is 99.4 Å². The summed E-state index contributed by atoms with van der Waals surface area (Å²) in [6.45, 7) is 22.1. The largest absolute Gasteiger partial charge is 0.494 e. The summed E-state index contributed by atoms with van der Waals surface area (Å²) in [5.74, 6) is 2.09. The van der Waals surface area contributed by atoms with Crippen LogP contribution in [0.2, 0.25) is 18.1 Å². The molecule has 0 aliphatic carbocycles. The molecule has 1 aliphatic heterocycles. The Bertz CT molecular complexity index is 1020. The molecule has 0 atom stereocenters. The van der Waals surface area contributed by atoms with E-state index in [1.54, 1.807) is 0 Å². The van der Waals surface area contributed by atoms with Crippen LogP contribution in [0.3, 0.4) is 0 Å². The van der Waals surface area contributed by atoms with Crippen molar-refractivity contribution in [3.8, 4) is 11.5 Å². The molecule has 2 aromatic rings. The smallest absolute Gasteiger partial charge is 0.493 e. The van der Waals surface area contributed by atoms with Gasteiger partial charge >= 0.3 is 7.12 Å². The molecule has 0 bridgehead atoms. The van der Waals surface area contributed by atoms with Gasteiger partial charge in [0.05, 0.1) is 17.8 Å². The normalized spacial score (nSPS) is 17.4. The quantitative estimate of drug-likeness (QED) is 0.257. The Morgan fingerprint density at radius 3 is 2.08 bits per heavy atom. The molecule has 2 aromatic carbocycles. The molecule has 7 heteroatoms. The van der Waals surface area contributed by atoms with Crippen LogP contribution in [0.15, 0.2) is 42.5 Å². The zero-order chi connectivity index (χ0) is 27.6. The minimum atomic E-state index is -2.21. The van der Waals surface area contributed by atoms with Gasteiger partial charge in [0.2, 0.25) is 0 Å². The lowest BCUT2D eigenvalue weighted by Crippen LogP contribution is -2.41. The van der Waals surface area contributed by atoms with Gasteiger partial charge < -0.3 is 23.6 Å². The fourth-order valence-electron chi connectivity index (χ4n) is 4.14. The number of rotatable bonds is 11. The highest BCUT2D eigenvalue weighted by atomic mass is 28.4. The molecule has 1 heterocycles. The van der Waals surface area contributed by atoms with Gasteiger partial charge in [-0.15, -0.1) is 0 Å². The highest BCUT2D eigenvalue weighted by molar-refractivity contribution is 6.72. The standard InChI is InChI=1S/C30H47BO5Si/c1-22(2)26-17-12-23(20-27(26)33-19-11-18-28(3,4)37(9,10)32)21-34-25-15-13-24(14-16-25)31-35-29(5,6)30(7,8)36-31/h12-17,20,22,32H,11,18-19,21H2,1-10H3. The Balaban J connectivity index is 1.59. The number of hydrogen-bond acceptors (Lipinski definition) is 5. The molecule has 0 spiro atoms. The lowest BCUT2D eigenvalue weighted by atomic mass is 9.79. The Kier molecular flexibility index (Phi) is 8.95. The minimum absolute atomic E-state index is 0.0368. The van der Waals surface area contributed by atoms with E-state index in [2.05, 4.69) is 73.6 Å². The Morgan fingerprint density at radius 1 is 0.946 bits per heavy atom. The fraction of sp³-hybridized carbons (Fsp3) is 0.600. The summed E-state index contributed by atoms with van der Waals surface area (Å²) >= 11 is 0. The molecule has 0 radical (unpaired) electrons. The molecule has 37 heavy (non-hydrogen) atoms. The van der Waals surface area contributed by atoms with Crippen LogP contribution < -0.4 is 14.9 Å². The van der Waals surface area contributed by atoms with Crippen molar-refractivity contribution in [2.75, 3.05) is 6.61 Å². The average molecular weight is 527 g/mol. The molecule has 1 N–H and O–H groups in total. The van der Waals surface area contributed by atoms with Crippen molar-refractivity contribution in [1.82, 2.24) is 0 Å². The van der Waals surface area contributed by atoms with Crippen LogP contribution in [-0.2, 0) is 15.9 Å². The van der Waals surface area contributed by atoms with Gasteiger partial charge in [0.15, 0.2) is 8.32 Å². The number of benzene rings is 2. The Morgan fingerprint density at radius 2 is 1.54 bits per heavy atom. The molecular formula is C30H47BO5Si. The lowest BCUT2D eigenvalue weighted by Gasteiger charge is -2.35. The van der Waals surface area contributed by atoms with E-state index in [9.17, 15) is 4.80 Å². The van der Waals surface area contributed by atoms with E-state index in [0.717, 1.165) is 35.4 Å². The van der Waals surface area contributed by atoms with Crippen LogP contribution in [0.4, 0.5) is 0 Å². The van der Waals surface area contributed by atoms with E-state index in [4.69, 9.17) is 18.8 Å². The van der Waals surface area contributed by atoms with Gasteiger partial charge in [0.1, 0.15) is 18.1 Å². The van der Waals surface area contributed by atoms with Crippen molar-refractivity contribution in [1.29, 1.82) is 0 Å². The molecular weight excluding hydrogens is 479 g/mol. The lowest BCUT2D eigenvalue weighted by molar-refractivity contribution is 0.00578. The maximum absolute atomic E-state index is 10.6. The summed E-state index contributed by atoms with van der Waals surface area (Å²) in [7, 11) is -2.58. The Hall–Kier alpha value is -1.80. The van der Waals surface area contributed by atoms with Crippen LogP contribution >= 0.6 is 0 Å². The van der Waals surface area contributed by atoms with Crippen LogP contribution in [-0.4, -0.2) is 38.0 Å². The van der Waals surface area contributed by atoms with Crippen molar-refractivity contribution in [3.63, 3.8) is 0 Å². The fourth-order valence-corrected chi connectivity index (χ4v) is 4.93. The third-order valence-electron chi connectivity index (χ3n) is 8.37. The first-order chi connectivity index (χ1) is 17.0. The van der Waals surface area contributed by atoms with E-state index in [1.165, 1.54) is 5.56 Å². The van der Waals surface area contributed by atoms with E-state index in [1.807, 2.05) is 37.4 Å². The zero-order valence-corrected chi connectivity index (χ0v) is 25.6. The SMILES string of the molecule is CC(C)c1ccc(COc2ccc(B3OC(C)(C)C(C)(C)O3)cc2)cc1OCCCC(C)(C)[Si](C)(C)O. The van der Waals surface area contributed by atoms with Crippen molar-refractivity contribution < 1.29 is 23.6 Å². The van der Waals surface area contributed by atoms with E-state index >= 15 is 0 Å². The maximum atomic E-state index is 10.6. The summed E-state index contributed by atoms with van der Waals surface area (Å²) in [5.41, 5.74) is 2.54. The van der Waals surface area contributed by atoms with Crippen LogP contribution in [0.1, 0.15) is 85.3 Å². The van der Waals surface area contributed by atoms with Gasteiger partial charge in [-0.1, -0.05) is 52.0 Å². The second-order valence-corrected chi connectivity index (χ2v) is 17.3. The molecule has 5 nitrogen and oxygen atoms in total. The first-order valence-electron chi connectivity index (χ1n) is 13.6. The van der Waals surface area contributed by atoms with E-state index in [-0.39, 0.29) is 23.4 Å². The molecule has 0 aromatic heterocycles. The van der Waals surface area contributed by atoms with Crippen LogP contribution in [0.25, 0.3) is 0 Å². The predicted molar refractivity (Wildman–Crippen MR) is 155 cm³/mol. The molecule has 3 rings (SSSR count). The number of ether oxygens (including phenoxy) is 2. The third kappa shape index (κ3) is 7.20. The summed E-state index contributed by atoms with van der Waals surface area (Å²) in [6, 6.07) is 14.3. The molecule has 0 unspecified atom stereocenters. The molecule has 1 saturated heterocycles. The maximum Gasteiger partial charge on any atom is 0.494 e. The van der Waals surface area contributed by atoms with Crippen LogP contribution in [0, 0.1) is 0 Å². The van der Waals surface area contributed by atoms with Crippen LogP contribution in [0.5, 0.6) is 11.5 Å². The molecule has 0 amide bonds. The van der Waals surface area contributed by atoms with Gasteiger partial charge in [-0.3, -0.25) is 0 Å². The monoisotopic (exact) mass is 526 g/mol. The molecule has 204 valence electrons. The van der Waals surface area contributed by atoms with Gasteiger partial charge in [0.25, 0.3) is 0 Å².